The third-order valence-corrected chi connectivity index (χ3v) is 6.32. The standard InChI is InChI=1S/C23H32N6OS2/c1-14(2)5-19-12-31-21(27-19)10-25-16-7-17(9-18(8-16)29-23(24)30)26-11-22-28-20(13-32-22)6-15(3)4/h7-9,12-15,25-26H,5-6,10-11H2,1-4H3,(H3,24,29,30). The van der Waals surface area contributed by atoms with Gasteiger partial charge < -0.3 is 21.7 Å². The summed E-state index contributed by atoms with van der Waals surface area (Å²) in [6, 6.07) is 5.15. The largest absolute Gasteiger partial charge is 0.378 e. The first kappa shape index (κ1) is 24.0. The van der Waals surface area contributed by atoms with Crippen LogP contribution >= 0.6 is 22.7 Å². The highest BCUT2D eigenvalue weighted by molar-refractivity contribution is 7.09. The summed E-state index contributed by atoms with van der Waals surface area (Å²) in [5.74, 6) is 1.17. The van der Waals surface area contributed by atoms with Gasteiger partial charge in [-0.1, -0.05) is 27.7 Å². The Hall–Kier alpha value is -2.65. The number of rotatable bonds is 11. The number of hydrogen-bond donors (Lipinski definition) is 4. The molecule has 0 unspecified atom stereocenters. The number of anilines is 3. The Balaban J connectivity index is 1.66. The fourth-order valence-corrected chi connectivity index (χ4v) is 4.78. The molecule has 0 aliphatic rings. The lowest BCUT2D eigenvalue weighted by Gasteiger charge is -2.12. The average Bonchev–Trinajstić information content (AvgIpc) is 3.32. The number of hydrogen-bond acceptors (Lipinski definition) is 7. The molecule has 0 saturated heterocycles. The lowest BCUT2D eigenvalue weighted by molar-refractivity contribution is 0.259. The molecule has 32 heavy (non-hydrogen) atoms. The Kier molecular flexibility index (Phi) is 8.46. The Bertz CT molecular complexity index is 957. The van der Waals surface area contributed by atoms with Gasteiger partial charge in [0.1, 0.15) is 10.0 Å². The number of amides is 2. The van der Waals surface area contributed by atoms with Gasteiger partial charge in [0.15, 0.2) is 0 Å². The van der Waals surface area contributed by atoms with Gasteiger partial charge in [-0.3, -0.25) is 0 Å². The van der Waals surface area contributed by atoms with Gasteiger partial charge in [-0.2, -0.15) is 0 Å². The summed E-state index contributed by atoms with van der Waals surface area (Å²) in [5.41, 5.74) is 9.97. The van der Waals surface area contributed by atoms with Crippen molar-refractivity contribution in [1.29, 1.82) is 0 Å². The maximum Gasteiger partial charge on any atom is 0.316 e. The zero-order valence-electron chi connectivity index (χ0n) is 19.1. The number of aromatic nitrogens is 2. The van der Waals surface area contributed by atoms with Crippen LogP contribution in [0.2, 0.25) is 0 Å². The van der Waals surface area contributed by atoms with E-state index in [1.165, 1.54) is 0 Å². The van der Waals surface area contributed by atoms with Crippen LogP contribution in [-0.2, 0) is 25.9 Å². The van der Waals surface area contributed by atoms with Crippen molar-refractivity contribution in [2.45, 2.75) is 53.6 Å². The first-order valence-corrected chi connectivity index (χ1v) is 12.6. The molecule has 2 aromatic heterocycles. The van der Waals surface area contributed by atoms with Crippen LogP contribution < -0.4 is 21.7 Å². The number of nitrogens with two attached hydrogens (primary N) is 1. The molecule has 0 bridgehead atoms. The Morgan fingerprint density at radius 2 is 1.28 bits per heavy atom. The van der Waals surface area contributed by atoms with E-state index in [1.807, 2.05) is 18.2 Å². The smallest absolute Gasteiger partial charge is 0.316 e. The molecule has 2 heterocycles. The summed E-state index contributed by atoms with van der Waals surface area (Å²) < 4.78 is 0. The van der Waals surface area contributed by atoms with Crippen molar-refractivity contribution in [2.24, 2.45) is 17.6 Å². The number of benzene rings is 1. The number of carbonyl (C=O) groups excluding carboxylic acids is 1. The van der Waals surface area contributed by atoms with Crippen molar-refractivity contribution < 1.29 is 4.79 Å². The zero-order chi connectivity index (χ0) is 23.1. The number of nitrogens with zero attached hydrogens (tertiary/aromatic N) is 2. The van der Waals surface area contributed by atoms with Crippen molar-refractivity contribution in [1.82, 2.24) is 9.97 Å². The molecular weight excluding hydrogens is 440 g/mol. The van der Waals surface area contributed by atoms with Crippen LogP contribution in [0, 0.1) is 11.8 Å². The predicted molar refractivity (Wildman–Crippen MR) is 136 cm³/mol. The molecule has 0 aliphatic carbocycles. The number of nitrogens with one attached hydrogen (secondary N) is 3. The molecule has 1 aromatic carbocycles. The van der Waals surface area contributed by atoms with Crippen LogP contribution in [0.25, 0.3) is 0 Å². The van der Waals surface area contributed by atoms with Crippen LogP contribution in [-0.4, -0.2) is 16.0 Å². The van der Waals surface area contributed by atoms with Gasteiger partial charge in [0.25, 0.3) is 0 Å². The van der Waals surface area contributed by atoms with Crippen molar-refractivity contribution in [2.75, 3.05) is 16.0 Å². The molecule has 0 fully saturated rings. The van der Waals surface area contributed by atoms with Crippen LogP contribution in [0.1, 0.15) is 49.1 Å². The van der Waals surface area contributed by atoms with E-state index >= 15 is 0 Å². The number of carbonyl (C=O) groups is 1. The van der Waals surface area contributed by atoms with Gasteiger partial charge in [-0.05, 0) is 42.9 Å². The second-order valence-electron chi connectivity index (χ2n) is 8.66. The fourth-order valence-electron chi connectivity index (χ4n) is 3.29. The van der Waals surface area contributed by atoms with Gasteiger partial charge in [0, 0.05) is 27.8 Å². The minimum atomic E-state index is -0.593. The molecular formula is C23H32N6OS2. The molecule has 172 valence electrons. The molecule has 0 aliphatic heterocycles. The molecule has 5 N–H and O–H groups in total. The maximum absolute atomic E-state index is 11.4. The van der Waals surface area contributed by atoms with E-state index in [1.54, 1.807) is 22.7 Å². The van der Waals surface area contributed by atoms with Crippen molar-refractivity contribution in [3.63, 3.8) is 0 Å². The minimum absolute atomic E-state index is 0.586. The van der Waals surface area contributed by atoms with E-state index in [4.69, 9.17) is 15.7 Å². The van der Waals surface area contributed by atoms with Crippen molar-refractivity contribution in [3.8, 4) is 0 Å². The predicted octanol–water partition coefficient (Wildman–Crippen LogP) is 5.71. The normalized spacial score (nSPS) is 11.2. The quantitative estimate of drug-likeness (QED) is 0.286. The van der Waals surface area contributed by atoms with Gasteiger partial charge in [-0.25, -0.2) is 14.8 Å². The lowest BCUT2D eigenvalue weighted by atomic mass is 10.1. The Morgan fingerprint density at radius 3 is 1.69 bits per heavy atom. The maximum atomic E-state index is 11.4. The zero-order valence-corrected chi connectivity index (χ0v) is 20.7. The van der Waals surface area contributed by atoms with Crippen molar-refractivity contribution >= 4 is 45.8 Å². The average molecular weight is 473 g/mol. The van der Waals surface area contributed by atoms with Gasteiger partial charge in [0.2, 0.25) is 0 Å². The van der Waals surface area contributed by atoms with E-state index in [0.29, 0.717) is 30.6 Å². The lowest BCUT2D eigenvalue weighted by Crippen LogP contribution is -2.19. The minimum Gasteiger partial charge on any atom is -0.378 e. The molecule has 3 rings (SSSR count). The second kappa shape index (κ2) is 11.3. The first-order valence-electron chi connectivity index (χ1n) is 10.8. The van der Waals surface area contributed by atoms with E-state index in [9.17, 15) is 4.79 Å². The van der Waals surface area contributed by atoms with Crippen LogP contribution in [0.3, 0.4) is 0 Å². The SMILES string of the molecule is CC(C)Cc1csc(CNc2cc(NCc3nc(CC(C)C)cs3)cc(NC(N)=O)c2)n1. The molecule has 0 spiro atoms. The van der Waals surface area contributed by atoms with Gasteiger partial charge in [-0.15, -0.1) is 22.7 Å². The van der Waals surface area contributed by atoms with Gasteiger partial charge in [0.05, 0.1) is 24.5 Å². The number of thiazole rings is 2. The molecule has 3 aromatic rings. The third-order valence-electron chi connectivity index (χ3n) is 4.52. The van der Waals surface area contributed by atoms with E-state index in [2.05, 4.69) is 54.4 Å². The summed E-state index contributed by atoms with van der Waals surface area (Å²) in [7, 11) is 0. The number of primary amides is 1. The molecule has 0 saturated carbocycles. The van der Waals surface area contributed by atoms with E-state index in [-0.39, 0.29) is 0 Å². The Labute approximate surface area is 197 Å². The highest BCUT2D eigenvalue weighted by Crippen LogP contribution is 2.25. The highest BCUT2D eigenvalue weighted by Gasteiger charge is 2.08. The Morgan fingerprint density at radius 1 is 0.844 bits per heavy atom. The highest BCUT2D eigenvalue weighted by atomic mass is 32.1. The summed E-state index contributed by atoms with van der Waals surface area (Å²) in [6.45, 7) is 10.0. The molecule has 0 radical (unpaired) electrons. The van der Waals surface area contributed by atoms with Crippen molar-refractivity contribution in [3.05, 3.63) is 50.4 Å². The summed E-state index contributed by atoms with van der Waals surface area (Å²) >= 11 is 3.32. The first-order chi connectivity index (χ1) is 15.3. The molecule has 9 heteroatoms. The summed E-state index contributed by atoms with van der Waals surface area (Å²) in [4.78, 5) is 20.8. The van der Waals surface area contributed by atoms with Gasteiger partial charge >= 0.3 is 6.03 Å². The van der Waals surface area contributed by atoms with Crippen LogP contribution in [0.4, 0.5) is 21.9 Å². The fraction of sp³-hybridized carbons (Fsp3) is 0.435. The summed E-state index contributed by atoms with van der Waals surface area (Å²) in [5, 5.41) is 15.8. The number of urea groups is 1. The second-order valence-corrected chi connectivity index (χ2v) is 10.5. The van der Waals surface area contributed by atoms with Crippen LogP contribution in [0.15, 0.2) is 29.0 Å². The topological polar surface area (TPSA) is 105 Å². The van der Waals surface area contributed by atoms with E-state index < -0.39 is 6.03 Å². The molecule has 0 atom stereocenters. The monoisotopic (exact) mass is 472 g/mol. The third kappa shape index (κ3) is 7.80. The van der Waals surface area contributed by atoms with Crippen LogP contribution in [0.5, 0.6) is 0 Å². The van der Waals surface area contributed by atoms with E-state index in [0.717, 1.165) is 45.6 Å². The summed E-state index contributed by atoms with van der Waals surface area (Å²) in [6.07, 6.45) is 1.97. The molecule has 7 nitrogen and oxygen atoms in total. The molecule has 2 amide bonds.